The molecule has 0 fully saturated rings. The highest BCUT2D eigenvalue weighted by atomic mass is 35.5. The predicted octanol–water partition coefficient (Wildman–Crippen LogP) is 1.60. The van der Waals surface area contributed by atoms with Crippen LogP contribution in [0.25, 0.3) is 0 Å². The number of likely N-dealkylation sites (N-methyl/N-ethyl adjacent to an activating group) is 1. The molecule has 0 saturated carbocycles. The van der Waals surface area contributed by atoms with Gasteiger partial charge in [0, 0.05) is 19.0 Å². The highest BCUT2D eigenvalue weighted by Gasteiger charge is 2.01. The average molecular weight is 224 g/mol. The number of nitrogens with zero attached hydrogens (tertiary/aromatic N) is 1. The Bertz CT molecular complexity index is 123. The van der Waals surface area contributed by atoms with Crippen molar-refractivity contribution in [3.8, 4) is 0 Å². The number of hydrogen-bond donors (Lipinski definition) is 0. The van der Waals surface area contributed by atoms with Gasteiger partial charge in [0.05, 0.1) is 19.8 Å². The number of ether oxygens (including phenoxy) is 2. The first-order valence-electron chi connectivity index (χ1n) is 5.06. The molecule has 0 amide bonds. The van der Waals surface area contributed by atoms with Crippen molar-refractivity contribution in [1.29, 1.82) is 0 Å². The van der Waals surface area contributed by atoms with E-state index in [0.29, 0.717) is 13.2 Å². The lowest BCUT2D eigenvalue weighted by Crippen LogP contribution is -2.26. The largest absolute Gasteiger partial charge is 0.382 e. The normalized spacial score (nSPS) is 13.5. The van der Waals surface area contributed by atoms with Crippen LogP contribution in [0.5, 0.6) is 0 Å². The quantitative estimate of drug-likeness (QED) is 0.438. The predicted molar refractivity (Wildman–Crippen MR) is 60.1 cm³/mol. The lowest BCUT2D eigenvalue weighted by molar-refractivity contribution is 0.0605. The number of halogens is 1. The van der Waals surface area contributed by atoms with Crippen molar-refractivity contribution in [3.63, 3.8) is 0 Å². The summed E-state index contributed by atoms with van der Waals surface area (Å²) >= 11 is 5.85. The maximum Gasteiger partial charge on any atom is 0.0700 e. The molecule has 3 nitrogen and oxygen atoms in total. The maximum absolute atomic E-state index is 5.85. The minimum Gasteiger partial charge on any atom is -0.382 e. The molecule has 0 N–H and O–H groups in total. The smallest absolute Gasteiger partial charge is 0.0700 e. The molecule has 0 aliphatic rings. The van der Waals surface area contributed by atoms with Crippen molar-refractivity contribution in [2.75, 3.05) is 47.1 Å². The van der Waals surface area contributed by atoms with Gasteiger partial charge in [0.25, 0.3) is 0 Å². The van der Waals surface area contributed by atoms with E-state index >= 15 is 0 Å². The molecular formula is C10H22ClNO2. The third kappa shape index (κ3) is 10.3. The average Bonchev–Trinajstić information content (AvgIpc) is 2.14. The number of hydrogen-bond acceptors (Lipinski definition) is 3. The number of rotatable bonds is 9. The van der Waals surface area contributed by atoms with Gasteiger partial charge in [-0.05, 0) is 26.9 Å². The Morgan fingerprint density at radius 1 is 1.21 bits per heavy atom. The fourth-order valence-corrected chi connectivity index (χ4v) is 1.07. The van der Waals surface area contributed by atoms with Crippen molar-refractivity contribution >= 4 is 11.6 Å². The Hall–Kier alpha value is 0.170. The molecule has 0 spiro atoms. The Labute approximate surface area is 92.3 Å². The molecule has 86 valence electrons. The van der Waals surface area contributed by atoms with E-state index in [1.165, 1.54) is 0 Å². The van der Waals surface area contributed by atoms with Gasteiger partial charge >= 0.3 is 0 Å². The van der Waals surface area contributed by atoms with Crippen molar-refractivity contribution in [2.24, 2.45) is 0 Å². The summed E-state index contributed by atoms with van der Waals surface area (Å²) < 4.78 is 10.2. The zero-order valence-corrected chi connectivity index (χ0v) is 10.2. The van der Waals surface area contributed by atoms with E-state index in [0.717, 1.165) is 26.1 Å². The zero-order valence-electron chi connectivity index (χ0n) is 9.46. The van der Waals surface area contributed by atoms with Gasteiger partial charge in [-0.15, -0.1) is 11.6 Å². The maximum atomic E-state index is 5.85. The highest BCUT2D eigenvalue weighted by molar-refractivity contribution is 6.20. The Morgan fingerprint density at radius 3 is 2.50 bits per heavy atom. The molecule has 1 unspecified atom stereocenters. The lowest BCUT2D eigenvalue weighted by atomic mass is 10.3. The van der Waals surface area contributed by atoms with Crippen LogP contribution in [-0.4, -0.2) is 57.3 Å². The minimum atomic E-state index is 0.256. The van der Waals surface area contributed by atoms with E-state index in [9.17, 15) is 0 Å². The van der Waals surface area contributed by atoms with E-state index in [4.69, 9.17) is 21.1 Å². The molecule has 0 aromatic rings. The second-order valence-corrected chi connectivity index (χ2v) is 4.22. The van der Waals surface area contributed by atoms with Crippen LogP contribution in [-0.2, 0) is 9.47 Å². The lowest BCUT2D eigenvalue weighted by Gasteiger charge is -2.16. The molecule has 0 saturated heterocycles. The molecular weight excluding hydrogens is 202 g/mol. The van der Waals surface area contributed by atoms with Crippen LogP contribution >= 0.6 is 11.6 Å². The molecule has 4 heteroatoms. The Kier molecular flexibility index (Phi) is 9.83. The monoisotopic (exact) mass is 223 g/mol. The molecule has 0 aromatic carbocycles. The summed E-state index contributed by atoms with van der Waals surface area (Å²) in [5, 5.41) is 0.256. The first-order chi connectivity index (χ1) is 6.66. The van der Waals surface area contributed by atoms with Crippen molar-refractivity contribution < 1.29 is 9.47 Å². The van der Waals surface area contributed by atoms with Gasteiger partial charge in [0.15, 0.2) is 0 Å². The van der Waals surface area contributed by atoms with E-state index in [1.807, 2.05) is 6.92 Å². The van der Waals surface area contributed by atoms with Gasteiger partial charge in [0.2, 0.25) is 0 Å². The minimum absolute atomic E-state index is 0.256. The van der Waals surface area contributed by atoms with Crippen LogP contribution in [0.3, 0.4) is 0 Å². The van der Waals surface area contributed by atoms with Crippen LogP contribution in [0, 0.1) is 0 Å². The standard InChI is InChI=1S/C10H22ClNO2/c1-10(11)4-5-12(2)6-7-14-9-8-13-3/h10H,4-9H2,1-3H3. The first-order valence-corrected chi connectivity index (χ1v) is 5.49. The molecule has 0 radical (unpaired) electrons. The molecule has 0 aromatic heterocycles. The van der Waals surface area contributed by atoms with Crippen LogP contribution in [0.2, 0.25) is 0 Å². The van der Waals surface area contributed by atoms with Crippen LogP contribution < -0.4 is 0 Å². The Balaban J connectivity index is 3.14. The van der Waals surface area contributed by atoms with E-state index in [-0.39, 0.29) is 5.38 Å². The van der Waals surface area contributed by atoms with Crippen molar-refractivity contribution in [3.05, 3.63) is 0 Å². The molecule has 0 rings (SSSR count). The summed E-state index contributed by atoms with van der Waals surface area (Å²) in [7, 11) is 3.76. The van der Waals surface area contributed by atoms with Gasteiger partial charge in [-0.2, -0.15) is 0 Å². The van der Waals surface area contributed by atoms with E-state index < -0.39 is 0 Å². The molecule has 0 aliphatic heterocycles. The summed E-state index contributed by atoms with van der Waals surface area (Å²) in [5.41, 5.74) is 0. The van der Waals surface area contributed by atoms with Gasteiger partial charge in [-0.1, -0.05) is 0 Å². The van der Waals surface area contributed by atoms with Crippen LogP contribution in [0.4, 0.5) is 0 Å². The summed E-state index contributed by atoms with van der Waals surface area (Å²) in [6.07, 6.45) is 1.02. The molecule has 0 aliphatic carbocycles. The van der Waals surface area contributed by atoms with Crippen LogP contribution in [0.1, 0.15) is 13.3 Å². The molecule has 14 heavy (non-hydrogen) atoms. The number of alkyl halides is 1. The van der Waals surface area contributed by atoms with Crippen molar-refractivity contribution in [1.82, 2.24) is 4.90 Å². The number of methoxy groups -OCH3 is 1. The first kappa shape index (κ1) is 14.2. The van der Waals surface area contributed by atoms with E-state index in [2.05, 4.69) is 11.9 Å². The second kappa shape index (κ2) is 9.71. The summed E-state index contributed by atoms with van der Waals surface area (Å²) in [4.78, 5) is 2.23. The second-order valence-electron chi connectivity index (χ2n) is 3.48. The molecule has 0 heterocycles. The molecule has 0 bridgehead atoms. The van der Waals surface area contributed by atoms with E-state index in [1.54, 1.807) is 7.11 Å². The van der Waals surface area contributed by atoms with Crippen LogP contribution in [0.15, 0.2) is 0 Å². The SMILES string of the molecule is COCCOCCN(C)CCC(C)Cl. The fourth-order valence-electron chi connectivity index (χ4n) is 0.975. The van der Waals surface area contributed by atoms with Gasteiger partial charge in [0.1, 0.15) is 0 Å². The Morgan fingerprint density at radius 2 is 1.93 bits per heavy atom. The summed E-state index contributed by atoms with van der Waals surface area (Å²) in [6.45, 7) is 6.10. The topological polar surface area (TPSA) is 21.7 Å². The van der Waals surface area contributed by atoms with Gasteiger partial charge in [-0.25, -0.2) is 0 Å². The molecule has 1 atom stereocenters. The highest BCUT2D eigenvalue weighted by Crippen LogP contribution is 2.00. The third-order valence-electron chi connectivity index (χ3n) is 1.96. The summed E-state index contributed by atoms with van der Waals surface area (Å²) in [6, 6.07) is 0. The third-order valence-corrected chi connectivity index (χ3v) is 2.18. The fraction of sp³-hybridized carbons (Fsp3) is 1.00. The van der Waals surface area contributed by atoms with Gasteiger partial charge in [-0.3, -0.25) is 0 Å². The van der Waals surface area contributed by atoms with Crippen molar-refractivity contribution in [2.45, 2.75) is 18.7 Å². The zero-order chi connectivity index (χ0) is 10.8. The summed E-state index contributed by atoms with van der Waals surface area (Å²) in [5.74, 6) is 0. The van der Waals surface area contributed by atoms with Gasteiger partial charge < -0.3 is 14.4 Å².